The van der Waals surface area contributed by atoms with Gasteiger partial charge in [-0.3, -0.25) is 24.0 Å². The Labute approximate surface area is 284 Å². The summed E-state index contributed by atoms with van der Waals surface area (Å²) in [6.45, 7) is 4.50. The molecule has 5 amide bonds. The summed E-state index contributed by atoms with van der Waals surface area (Å²) in [5.74, 6) is -4.03. The second-order valence-corrected chi connectivity index (χ2v) is 14.9. The van der Waals surface area contributed by atoms with Crippen molar-refractivity contribution in [1.82, 2.24) is 20.3 Å². The third-order valence-electron chi connectivity index (χ3n) is 8.32. The van der Waals surface area contributed by atoms with Gasteiger partial charge in [-0.25, -0.2) is 17.9 Å². The highest BCUT2D eigenvalue weighted by atomic mass is 32.2. The minimum atomic E-state index is -4.58. The Bertz CT molecular complexity index is 1590. The van der Waals surface area contributed by atoms with E-state index in [1.54, 1.807) is 26.8 Å². The second kappa shape index (κ2) is 15.3. The Kier molecular flexibility index (Phi) is 11.6. The van der Waals surface area contributed by atoms with Crippen molar-refractivity contribution >= 4 is 46.2 Å². The molecule has 2 heterocycles. The molecule has 3 aliphatic rings. The van der Waals surface area contributed by atoms with Crippen LogP contribution in [0.15, 0.2) is 41.3 Å². The van der Waals surface area contributed by atoms with E-state index < -0.39 is 86.5 Å². The minimum absolute atomic E-state index is 0.0637. The fourth-order valence-electron chi connectivity index (χ4n) is 5.92. The number of fused-ring (bicyclic) bond motifs is 2. The number of alkyl carbamates (subject to hydrolysis) is 1. The van der Waals surface area contributed by atoms with Gasteiger partial charge in [0.25, 0.3) is 28.3 Å². The monoisotopic (exact) mass is 705 g/mol. The summed E-state index contributed by atoms with van der Waals surface area (Å²) in [4.78, 5) is 77.7. The van der Waals surface area contributed by atoms with Crippen molar-refractivity contribution in [1.29, 1.82) is 0 Å². The molecule has 0 bridgehead atoms. The van der Waals surface area contributed by atoms with Gasteiger partial charge >= 0.3 is 6.09 Å². The van der Waals surface area contributed by atoms with Crippen molar-refractivity contribution < 1.29 is 51.4 Å². The van der Waals surface area contributed by atoms with E-state index in [1.807, 2.05) is 10.8 Å². The summed E-state index contributed by atoms with van der Waals surface area (Å²) in [5, 5.41) is 5.32. The SMILES string of the molecule is CC(C)(C)OC(=O)N[C@H]1CCCCC/C=C\[C@H]2C[C@@]2(C(=O)NS(=O)(=O)c2ccccc2OCC(N)=O)NC(=O)[C@@H]2C[C@@H](OC=O)CN2C1=O. The number of allylic oxidation sites excluding steroid dienone is 1. The molecule has 17 heteroatoms. The van der Waals surface area contributed by atoms with E-state index in [-0.39, 0.29) is 38.0 Å². The van der Waals surface area contributed by atoms with Crippen molar-refractivity contribution in [3.8, 4) is 5.75 Å². The molecule has 0 radical (unpaired) electrons. The van der Waals surface area contributed by atoms with Gasteiger partial charge < -0.3 is 35.5 Å². The van der Waals surface area contributed by atoms with Gasteiger partial charge in [-0.05, 0) is 58.6 Å². The molecule has 5 N–H and O–H groups in total. The van der Waals surface area contributed by atoms with Gasteiger partial charge in [0.15, 0.2) is 6.61 Å². The smallest absolute Gasteiger partial charge is 0.408 e. The van der Waals surface area contributed by atoms with Crippen LogP contribution in [0.3, 0.4) is 0 Å². The van der Waals surface area contributed by atoms with Crippen LogP contribution in [0.1, 0.15) is 65.7 Å². The molecule has 1 aromatic carbocycles. The van der Waals surface area contributed by atoms with E-state index in [4.69, 9.17) is 19.9 Å². The first-order valence-electron chi connectivity index (χ1n) is 16.0. The molecule has 2 fully saturated rings. The first-order valence-corrected chi connectivity index (χ1v) is 17.5. The van der Waals surface area contributed by atoms with Crippen molar-refractivity contribution in [2.24, 2.45) is 11.7 Å². The van der Waals surface area contributed by atoms with Crippen LogP contribution in [0.4, 0.5) is 4.79 Å². The minimum Gasteiger partial charge on any atom is -0.482 e. The lowest BCUT2D eigenvalue weighted by atomic mass is 10.0. The van der Waals surface area contributed by atoms with Gasteiger partial charge in [-0.15, -0.1) is 0 Å². The summed E-state index contributed by atoms with van der Waals surface area (Å²) in [5.41, 5.74) is 2.60. The quantitative estimate of drug-likeness (QED) is 0.207. The van der Waals surface area contributed by atoms with E-state index in [0.717, 1.165) is 6.42 Å². The third kappa shape index (κ3) is 9.49. The number of rotatable bonds is 9. The van der Waals surface area contributed by atoms with Crippen LogP contribution >= 0.6 is 0 Å². The lowest BCUT2D eigenvalue weighted by Crippen LogP contribution is -2.58. The number of sulfonamides is 1. The van der Waals surface area contributed by atoms with Crippen molar-refractivity contribution in [2.75, 3.05) is 13.2 Å². The highest BCUT2D eigenvalue weighted by Crippen LogP contribution is 2.46. The molecule has 268 valence electrons. The Balaban J connectivity index is 1.62. The van der Waals surface area contributed by atoms with Crippen molar-refractivity contribution in [3.05, 3.63) is 36.4 Å². The summed E-state index contributed by atoms with van der Waals surface area (Å²) in [6.07, 6.45) is 4.76. The fraction of sp³-hybridized carbons (Fsp3) is 0.562. The summed E-state index contributed by atoms with van der Waals surface area (Å²) < 4.78 is 44.6. The average molecular weight is 706 g/mol. The van der Waals surface area contributed by atoms with Gasteiger partial charge in [0.2, 0.25) is 11.8 Å². The Morgan fingerprint density at radius 2 is 1.88 bits per heavy atom. The highest BCUT2D eigenvalue weighted by Gasteiger charge is 2.61. The van der Waals surface area contributed by atoms with Gasteiger partial charge in [-0.2, -0.15) is 0 Å². The zero-order valence-corrected chi connectivity index (χ0v) is 28.5. The molecular weight excluding hydrogens is 662 g/mol. The topological polar surface area (TPSA) is 230 Å². The van der Waals surface area contributed by atoms with E-state index in [2.05, 4.69) is 10.6 Å². The number of carbonyl (C=O) groups is 6. The number of nitrogens with zero attached hydrogens (tertiary/aromatic N) is 1. The number of nitrogens with two attached hydrogens (primary N) is 1. The number of hydrogen-bond acceptors (Lipinski definition) is 11. The number of primary amides is 1. The zero-order chi connectivity index (χ0) is 36.0. The van der Waals surface area contributed by atoms with Crippen LogP contribution in [0, 0.1) is 5.92 Å². The molecule has 5 atom stereocenters. The van der Waals surface area contributed by atoms with Crippen LogP contribution in [0.2, 0.25) is 0 Å². The predicted octanol–water partition coefficient (Wildman–Crippen LogP) is 0.787. The largest absolute Gasteiger partial charge is 0.482 e. The number of carbonyl (C=O) groups excluding carboxylic acids is 6. The Morgan fingerprint density at radius 1 is 1.14 bits per heavy atom. The van der Waals surface area contributed by atoms with E-state index in [1.165, 1.54) is 29.2 Å². The average Bonchev–Trinajstić information content (AvgIpc) is 3.54. The van der Waals surface area contributed by atoms with Crippen LogP contribution in [0.25, 0.3) is 0 Å². The summed E-state index contributed by atoms with van der Waals surface area (Å²) >= 11 is 0. The summed E-state index contributed by atoms with van der Waals surface area (Å²) in [7, 11) is -4.58. The van der Waals surface area contributed by atoms with Crippen LogP contribution < -0.4 is 25.8 Å². The number of ether oxygens (including phenoxy) is 3. The first kappa shape index (κ1) is 37.2. The molecule has 4 rings (SSSR count). The molecular formula is C32H43N5O11S. The molecule has 16 nitrogen and oxygen atoms in total. The van der Waals surface area contributed by atoms with Crippen LogP contribution in [-0.4, -0.2) is 92.0 Å². The number of amides is 5. The molecule has 0 unspecified atom stereocenters. The molecule has 0 spiro atoms. The van der Waals surface area contributed by atoms with Gasteiger partial charge in [-0.1, -0.05) is 37.1 Å². The third-order valence-corrected chi connectivity index (χ3v) is 9.69. The number of nitrogens with one attached hydrogen (secondary N) is 3. The van der Waals surface area contributed by atoms with Gasteiger partial charge in [0, 0.05) is 12.3 Å². The fourth-order valence-corrected chi connectivity index (χ4v) is 7.10. The highest BCUT2D eigenvalue weighted by molar-refractivity contribution is 7.90. The van der Waals surface area contributed by atoms with Crippen molar-refractivity contribution in [3.63, 3.8) is 0 Å². The Morgan fingerprint density at radius 3 is 2.57 bits per heavy atom. The van der Waals surface area contributed by atoms with E-state index in [0.29, 0.717) is 19.3 Å². The maximum absolute atomic E-state index is 14.0. The molecule has 0 aromatic heterocycles. The molecule has 1 saturated carbocycles. The van der Waals surface area contributed by atoms with Gasteiger partial charge in [0.05, 0.1) is 6.54 Å². The van der Waals surface area contributed by atoms with E-state index >= 15 is 0 Å². The molecule has 49 heavy (non-hydrogen) atoms. The lowest BCUT2D eigenvalue weighted by molar-refractivity contribution is -0.141. The zero-order valence-electron chi connectivity index (χ0n) is 27.6. The maximum atomic E-state index is 14.0. The Hall–Kier alpha value is -4.67. The van der Waals surface area contributed by atoms with Gasteiger partial charge in [0.1, 0.15) is 40.0 Å². The molecule has 2 aliphatic heterocycles. The normalized spacial score (nSPS) is 26.7. The molecule has 1 aromatic rings. The van der Waals surface area contributed by atoms with E-state index in [9.17, 15) is 37.2 Å². The number of benzene rings is 1. The standard InChI is InChI=1S/C32H43N5O11S/c1-31(2,3)48-30(43)34-22-12-8-6-4-5-7-11-20-16-32(20,35-27(40)23-15-21(47-19-38)17-37(23)28(22)41)29(42)36-49(44,45)25-14-10-9-13-24(25)46-18-26(33)39/h7,9-11,13-14,19-23H,4-6,8,12,15-18H2,1-3H3,(H2,33,39)(H,34,43)(H,35,40)(H,36,42)/b11-7-/t20-,21+,22-,23-,32+/m0/s1. The number of hydrogen-bond donors (Lipinski definition) is 4. The van der Waals surface area contributed by atoms with Crippen molar-refractivity contribution in [2.45, 2.75) is 99.9 Å². The number of para-hydroxylation sites is 1. The predicted molar refractivity (Wildman–Crippen MR) is 172 cm³/mol. The van der Waals surface area contributed by atoms with Crippen LogP contribution in [0.5, 0.6) is 5.75 Å². The second-order valence-electron chi connectivity index (χ2n) is 13.3. The molecule has 1 saturated heterocycles. The maximum Gasteiger partial charge on any atom is 0.408 e. The lowest BCUT2D eigenvalue weighted by Gasteiger charge is -2.30. The van der Waals surface area contributed by atoms with Crippen LogP contribution in [-0.2, 0) is 43.5 Å². The summed E-state index contributed by atoms with van der Waals surface area (Å²) in [6, 6.07) is 3.07. The molecule has 1 aliphatic carbocycles. The first-order chi connectivity index (χ1) is 23.1.